The van der Waals surface area contributed by atoms with Crippen LogP contribution in [0.15, 0.2) is 30.3 Å². The summed E-state index contributed by atoms with van der Waals surface area (Å²) in [7, 11) is 0. The summed E-state index contributed by atoms with van der Waals surface area (Å²) >= 11 is 0. The molecule has 1 rings (SSSR count). The zero-order valence-electron chi connectivity index (χ0n) is 9.64. The number of halogens is 1. The highest BCUT2D eigenvalue weighted by molar-refractivity contribution is 5.94. The number of carbonyl (C=O) groups is 1. The molecule has 0 spiro atoms. The van der Waals surface area contributed by atoms with Gasteiger partial charge in [-0.25, -0.2) is 0 Å². The molecule has 90 valence electrons. The highest BCUT2D eigenvalue weighted by Gasteiger charge is 2.18. The average Bonchev–Trinajstić information content (AvgIpc) is 2.28. The Morgan fingerprint density at radius 2 is 1.94 bits per heavy atom. The molecule has 2 atom stereocenters. The molecule has 3 N–H and O–H groups in total. The number of nitrogens with one attached hydrogen (secondary N) is 1. The molecule has 0 fully saturated rings. The van der Waals surface area contributed by atoms with Gasteiger partial charge in [0.2, 0.25) is 5.91 Å². The van der Waals surface area contributed by atoms with E-state index >= 15 is 0 Å². The van der Waals surface area contributed by atoms with E-state index in [-0.39, 0.29) is 24.2 Å². The van der Waals surface area contributed by atoms with Crippen molar-refractivity contribution >= 4 is 24.0 Å². The van der Waals surface area contributed by atoms with E-state index in [1.54, 1.807) is 0 Å². The Kier molecular flexibility index (Phi) is 6.77. The highest BCUT2D eigenvalue weighted by atomic mass is 35.5. The molecule has 0 saturated heterocycles. The van der Waals surface area contributed by atoms with Crippen molar-refractivity contribution in [2.75, 3.05) is 5.32 Å². The van der Waals surface area contributed by atoms with Gasteiger partial charge in [-0.15, -0.1) is 12.4 Å². The van der Waals surface area contributed by atoms with E-state index in [0.717, 1.165) is 12.1 Å². The predicted octanol–water partition coefficient (Wildman–Crippen LogP) is 2.42. The third-order valence-electron chi connectivity index (χ3n) is 2.60. The first-order valence-corrected chi connectivity index (χ1v) is 5.26. The molecular weight excluding hydrogens is 224 g/mol. The van der Waals surface area contributed by atoms with Crippen molar-refractivity contribution in [2.45, 2.75) is 26.3 Å². The van der Waals surface area contributed by atoms with Crippen LogP contribution in [0, 0.1) is 5.92 Å². The number of nitrogens with two attached hydrogens (primary N) is 1. The second-order valence-electron chi connectivity index (χ2n) is 3.77. The molecule has 0 saturated carbocycles. The maximum Gasteiger partial charge on any atom is 0.241 e. The minimum atomic E-state index is -0.435. The smallest absolute Gasteiger partial charge is 0.241 e. The second-order valence-corrected chi connectivity index (χ2v) is 3.77. The van der Waals surface area contributed by atoms with Crippen LogP contribution in [0.25, 0.3) is 0 Å². The van der Waals surface area contributed by atoms with Crippen LogP contribution in [-0.2, 0) is 4.79 Å². The molecular formula is C12H19ClN2O. The molecule has 0 bridgehead atoms. The Morgan fingerprint density at radius 3 is 2.44 bits per heavy atom. The summed E-state index contributed by atoms with van der Waals surface area (Å²) < 4.78 is 0. The standard InChI is InChI=1S/C12H18N2O.ClH/c1-3-9(2)11(13)12(15)14-10-7-5-4-6-8-10;/h4-9,11H,3,13H2,1-2H3,(H,14,15);1H. The molecule has 2 unspecified atom stereocenters. The van der Waals surface area contributed by atoms with E-state index in [1.165, 1.54) is 0 Å². The van der Waals surface area contributed by atoms with Crippen LogP contribution in [0.5, 0.6) is 0 Å². The summed E-state index contributed by atoms with van der Waals surface area (Å²) in [4.78, 5) is 11.7. The van der Waals surface area contributed by atoms with Crippen molar-refractivity contribution in [3.63, 3.8) is 0 Å². The number of amides is 1. The fraction of sp³-hybridized carbons (Fsp3) is 0.417. The van der Waals surface area contributed by atoms with Gasteiger partial charge < -0.3 is 11.1 Å². The molecule has 1 aromatic carbocycles. The molecule has 4 heteroatoms. The Hall–Kier alpha value is -1.06. The van der Waals surface area contributed by atoms with Gasteiger partial charge in [-0.05, 0) is 18.1 Å². The molecule has 0 aromatic heterocycles. The molecule has 0 aliphatic carbocycles. The van der Waals surface area contributed by atoms with Crippen LogP contribution < -0.4 is 11.1 Å². The van der Waals surface area contributed by atoms with E-state index in [2.05, 4.69) is 5.32 Å². The first-order chi connectivity index (χ1) is 7.15. The van der Waals surface area contributed by atoms with Crippen molar-refractivity contribution < 1.29 is 4.79 Å². The minimum Gasteiger partial charge on any atom is -0.325 e. The molecule has 1 amide bonds. The van der Waals surface area contributed by atoms with Gasteiger partial charge in [0.15, 0.2) is 0 Å². The van der Waals surface area contributed by atoms with E-state index < -0.39 is 6.04 Å². The lowest BCUT2D eigenvalue weighted by Gasteiger charge is -2.17. The Bertz CT molecular complexity index is 316. The van der Waals surface area contributed by atoms with Gasteiger partial charge in [0, 0.05) is 5.69 Å². The largest absolute Gasteiger partial charge is 0.325 e. The SMILES string of the molecule is CCC(C)C(N)C(=O)Nc1ccccc1.Cl. The first kappa shape index (κ1) is 14.9. The number of hydrogen-bond acceptors (Lipinski definition) is 2. The maximum absolute atomic E-state index is 11.7. The van der Waals surface area contributed by atoms with E-state index in [4.69, 9.17) is 5.73 Å². The zero-order chi connectivity index (χ0) is 11.3. The van der Waals surface area contributed by atoms with Crippen molar-refractivity contribution in [3.05, 3.63) is 30.3 Å². The number of rotatable bonds is 4. The summed E-state index contributed by atoms with van der Waals surface area (Å²) in [5.74, 6) is 0.0873. The number of benzene rings is 1. The van der Waals surface area contributed by atoms with Crippen molar-refractivity contribution in [1.82, 2.24) is 0 Å². The topological polar surface area (TPSA) is 55.1 Å². The van der Waals surface area contributed by atoms with Crippen LogP contribution in [0.2, 0.25) is 0 Å². The molecule has 0 heterocycles. The number of para-hydroxylation sites is 1. The normalized spacial score (nSPS) is 13.4. The first-order valence-electron chi connectivity index (χ1n) is 5.26. The van der Waals surface area contributed by atoms with E-state index in [1.807, 2.05) is 44.2 Å². The molecule has 16 heavy (non-hydrogen) atoms. The molecule has 3 nitrogen and oxygen atoms in total. The Labute approximate surface area is 103 Å². The van der Waals surface area contributed by atoms with Crippen LogP contribution in [0.3, 0.4) is 0 Å². The Morgan fingerprint density at radius 1 is 1.38 bits per heavy atom. The number of carbonyl (C=O) groups excluding carboxylic acids is 1. The lowest BCUT2D eigenvalue weighted by molar-refractivity contribution is -0.118. The fourth-order valence-corrected chi connectivity index (χ4v) is 1.26. The van der Waals surface area contributed by atoms with Gasteiger partial charge in [-0.1, -0.05) is 38.5 Å². The minimum absolute atomic E-state index is 0. The third kappa shape index (κ3) is 4.21. The quantitative estimate of drug-likeness (QED) is 0.852. The summed E-state index contributed by atoms with van der Waals surface area (Å²) in [6.07, 6.45) is 0.906. The number of hydrogen-bond donors (Lipinski definition) is 2. The third-order valence-corrected chi connectivity index (χ3v) is 2.60. The Balaban J connectivity index is 0.00000225. The fourth-order valence-electron chi connectivity index (χ4n) is 1.26. The van der Waals surface area contributed by atoms with Gasteiger partial charge in [0.25, 0.3) is 0 Å². The highest BCUT2D eigenvalue weighted by Crippen LogP contribution is 2.09. The van der Waals surface area contributed by atoms with Crippen molar-refractivity contribution in [2.24, 2.45) is 11.7 Å². The van der Waals surface area contributed by atoms with Crippen LogP contribution in [0.1, 0.15) is 20.3 Å². The average molecular weight is 243 g/mol. The molecule has 0 aliphatic heterocycles. The maximum atomic E-state index is 11.7. The van der Waals surface area contributed by atoms with E-state index in [0.29, 0.717) is 0 Å². The predicted molar refractivity (Wildman–Crippen MR) is 69.8 cm³/mol. The number of anilines is 1. The van der Waals surface area contributed by atoms with Crippen LogP contribution in [0.4, 0.5) is 5.69 Å². The summed E-state index contributed by atoms with van der Waals surface area (Å²) in [6.45, 7) is 4.01. The van der Waals surface area contributed by atoms with Crippen molar-refractivity contribution in [1.29, 1.82) is 0 Å². The van der Waals surface area contributed by atoms with Crippen LogP contribution in [-0.4, -0.2) is 11.9 Å². The monoisotopic (exact) mass is 242 g/mol. The van der Waals surface area contributed by atoms with Gasteiger partial charge in [0.1, 0.15) is 0 Å². The summed E-state index contributed by atoms with van der Waals surface area (Å²) in [6, 6.07) is 8.93. The second kappa shape index (κ2) is 7.25. The van der Waals surface area contributed by atoms with Crippen molar-refractivity contribution in [3.8, 4) is 0 Å². The van der Waals surface area contributed by atoms with Gasteiger partial charge in [-0.2, -0.15) is 0 Å². The van der Waals surface area contributed by atoms with Gasteiger partial charge in [-0.3, -0.25) is 4.79 Å². The van der Waals surface area contributed by atoms with Gasteiger partial charge in [0.05, 0.1) is 6.04 Å². The molecule has 1 aromatic rings. The lowest BCUT2D eigenvalue weighted by Crippen LogP contribution is -2.40. The lowest BCUT2D eigenvalue weighted by atomic mass is 9.99. The zero-order valence-corrected chi connectivity index (χ0v) is 10.5. The van der Waals surface area contributed by atoms with Crippen LogP contribution >= 0.6 is 12.4 Å². The molecule has 0 aliphatic rings. The van der Waals surface area contributed by atoms with Gasteiger partial charge >= 0.3 is 0 Å². The molecule has 0 radical (unpaired) electrons. The van der Waals surface area contributed by atoms with E-state index in [9.17, 15) is 4.79 Å². The summed E-state index contributed by atoms with van der Waals surface area (Å²) in [5.41, 5.74) is 6.60. The summed E-state index contributed by atoms with van der Waals surface area (Å²) in [5, 5.41) is 2.79.